The van der Waals surface area contributed by atoms with Crippen molar-refractivity contribution in [3.63, 3.8) is 0 Å². The topological polar surface area (TPSA) is 103 Å². The van der Waals surface area contributed by atoms with Crippen LogP contribution in [0.2, 0.25) is 0 Å². The van der Waals surface area contributed by atoms with Crippen molar-refractivity contribution in [3.8, 4) is 5.75 Å². The average molecular weight is 446 g/mol. The predicted molar refractivity (Wildman–Crippen MR) is 120 cm³/mol. The number of pyridine rings is 1. The van der Waals surface area contributed by atoms with Crippen LogP contribution in [0, 0.1) is 19.8 Å². The van der Waals surface area contributed by atoms with Crippen LogP contribution in [-0.2, 0) is 11.3 Å². The van der Waals surface area contributed by atoms with Crippen LogP contribution in [-0.4, -0.2) is 33.2 Å². The van der Waals surface area contributed by atoms with Crippen LogP contribution < -0.4 is 15.7 Å². The summed E-state index contributed by atoms with van der Waals surface area (Å²) in [4.78, 5) is 46.4. The fourth-order valence-corrected chi connectivity index (χ4v) is 4.20. The van der Waals surface area contributed by atoms with E-state index in [0.29, 0.717) is 44.7 Å². The lowest BCUT2D eigenvalue weighted by Crippen LogP contribution is -2.25. The van der Waals surface area contributed by atoms with Gasteiger partial charge in [0.1, 0.15) is 15.5 Å². The second-order valence-electron chi connectivity index (χ2n) is 8.13. The summed E-state index contributed by atoms with van der Waals surface area (Å²) in [7, 11) is 0. The maximum atomic E-state index is 13.2. The molecule has 0 saturated heterocycles. The summed E-state index contributed by atoms with van der Waals surface area (Å²) >= 11 is 1.16. The highest BCUT2D eigenvalue weighted by molar-refractivity contribution is 7.20. The molecule has 0 saturated carbocycles. The van der Waals surface area contributed by atoms with E-state index < -0.39 is 5.97 Å². The Morgan fingerprint density at radius 1 is 1.23 bits per heavy atom. The number of hydrogen-bond acceptors (Lipinski definition) is 7. The third-order valence-corrected chi connectivity index (χ3v) is 5.77. The molecule has 31 heavy (non-hydrogen) atoms. The summed E-state index contributed by atoms with van der Waals surface area (Å²) in [6.07, 6.45) is 1.26. The van der Waals surface area contributed by atoms with E-state index in [9.17, 15) is 14.4 Å². The lowest BCUT2D eigenvalue weighted by atomic mass is 10.2. The Hall–Kier alpha value is -2.94. The second kappa shape index (κ2) is 9.05. The minimum absolute atomic E-state index is 0.147. The Bertz CT molecular complexity index is 1240. The monoisotopic (exact) mass is 445 g/mol. The van der Waals surface area contributed by atoms with Gasteiger partial charge in [0.25, 0.3) is 5.56 Å². The van der Waals surface area contributed by atoms with Crippen LogP contribution in [0.15, 0.2) is 21.9 Å². The van der Waals surface area contributed by atoms with Crippen molar-refractivity contribution in [3.05, 3.63) is 54.8 Å². The van der Waals surface area contributed by atoms with E-state index in [1.165, 1.54) is 16.8 Å². The maximum Gasteiger partial charge on any atom is 0.348 e. The third-order valence-electron chi connectivity index (χ3n) is 4.61. The second-order valence-corrected chi connectivity index (χ2v) is 9.13. The highest BCUT2D eigenvalue weighted by Crippen LogP contribution is 2.28. The molecule has 3 aromatic heterocycles. The molecule has 3 rings (SSSR count). The molecule has 0 unspecified atom stereocenters. The van der Waals surface area contributed by atoms with Crippen LogP contribution in [0.1, 0.15) is 54.4 Å². The summed E-state index contributed by atoms with van der Waals surface area (Å²) in [5, 5.41) is 0.394. The molecule has 9 heteroatoms. The number of carbonyl (C=O) groups is 1. The third kappa shape index (κ3) is 4.87. The standard InChI is InChI=1S/C22H27N3O5S/c1-11(2)10-29-17-8-23-15(7-16(17)26)9-25-14(6)24-20-18(21(25)27)13(5)19(31-20)22(28)30-12(3)4/h7-8,11-12H,9-10H2,1-6H3,(H,23,26). The molecule has 0 spiro atoms. The number of carbonyl (C=O) groups excluding carboxylic acids is 1. The number of aromatic nitrogens is 3. The van der Waals surface area contributed by atoms with Gasteiger partial charge in [-0.25, -0.2) is 9.78 Å². The van der Waals surface area contributed by atoms with E-state index in [2.05, 4.69) is 9.97 Å². The number of rotatable bonds is 7. The van der Waals surface area contributed by atoms with Crippen molar-refractivity contribution in [2.75, 3.05) is 6.61 Å². The fourth-order valence-electron chi connectivity index (χ4n) is 3.10. The van der Waals surface area contributed by atoms with Crippen molar-refractivity contribution in [1.82, 2.24) is 14.5 Å². The van der Waals surface area contributed by atoms with Crippen molar-refractivity contribution >= 4 is 27.5 Å². The van der Waals surface area contributed by atoms with Gasteiger partial charge in [0.2, 0.25) is 5.43 Å². The van der Waals surface area contributed by atoms with Crippen molar-refractivity contribution < 1.29 is 14.3 Å². The number of H-pyrrole nitrogens is 1. The van der Waals surface area contributed by atoms with Crippen LogP contribution in [0.3, 0.4) is 0 Å². The summed E-state index contributed by atoms with van der Waals surface area (Å²) < 4.78 is 12.3. The predicted octanol–water partition coefficient (Wildman–Crippen LogP) is 3.41. The Labute approximate surface area is 183 Å². The van der Waals surface area contributed by atoms with Gasteiger partial charge in [0.05, 0.1) is 24.6 Å². The molecule has 0 radical (unpaired) electrons. The highest BCUT2D eigenvalue weighted by atomic mass is 32.1. The van der Waals surface area contributed by atoms with Gasteiger partial charge >= 0.3 is 5.97 Å². The fraction of sp³-hybridized carbons (Fsp3) is 0.455. The minimum atomic E-state index is -0.458. The number of ether oxygens (including phenoxy) is 2. The van der Waals surface area contributed by atoms with Gasteiger partial charge in [-0.15, -0.1) is 11.3 Å². The largest absolute Gasteiger partial charge is 0.488 e. The lowest BCUT2D eigenvalue weighted by Gasteiger charge is -2.11. The van der Waals surface area contributed by atoms with Gasteiger partial charge < -0.3 is 14.5 Å². The molecule has 0 aromatic carbocycles. The molecular weight excluding hydrogens is 418 g/mol. The molecule has 0 aliphatic carbocycles. The van der Waals surface area contributed by atoms with Crippen LogP contribution in [0.25, 0.3) is 10.2 Å². The molecule has 0 aliphatic heterocycles. The zero-order valence-corrected chi connectivity index (χ0v) is 19.4. The Morgan fingerprint density at radius 2 is 1.94 bits per heavy atom. The number of hydrogen-bond donors (Lipinski definition) is 1. The Morgan fingerprint density at radius 3 is 2.55 bits per heavy atom. The number of fused-ring (bicyclic) bond motifs is 1. The molecular formula is C22H27N3O5S. The lowest BCUT2D eigenvalue weighted by molar-refractivity contribution is 0.0383. The van der Waals surface area contributed by atoms with Crippen molar-refractivity contribution in [1.29, 1.82) is 0 Å². The molecule has 8 nitrogen and oxygen atoms in total. The molecule has 0 bridgehead atoms. The van der Waals surface area contributed by atoms with Crippen LogP contribution >= 0.6 is 11.3 Å². The molecule has 166 valence electrons. The zero-order chi connectivity index (χ0) is 22.9. The smallest absolute Gasteiger partial charge is 0.348 e. The van der Waals surface area contributed by atoms with E-state index >= 15 is 0 Å². The first-order valence-electron chi connectivity index (χ1n) is 10.1. The van der Waals surface area contributed by atoms with Gasteiger partial charge in [0, 0.05) is 18.0 Å². The maximum absolute atomic E-state index is 13.2. The SMILES string of the molecule is Cc1c(C(=O)OC(C)C)sc2nc(C)n(Cc3cc(=O)c(OCC(C)C)c[nH]3)c(=O)c12. The molecule has 0 aliphatic rings. The molecule has 0 atom stereocenters. The van der Waals surface area contributed by atoms with Crippen molar-refractivity contribution in [2.24, 2.45) is 5.92 Å². The normalized spacial score (nSPS) is 11.5. The molecule has 0 fully saturated rings. The quantitative estimate of drug-likeness (QED) is 0.559. The first kappa shape index (κ1) is 22.7. The number of nitrogens with one attached hydrogen (secondary N) is 1. The zero-order valence-electron chi connectivity index (χ0n) is 18.6. The number of aromatic amines is 1. The number of thiophene rings is 1. The number of esters is 1. The van der Waals surface area contributed by atoms with E-state index in [0.717, 1.165) is 11.3 Å². The average Bonchev–Trinajstić information content (AvgIpc) is 3.00. The van der Waals surface area contributed by atoms with Gasteiger partial charge in [0.15, 0.2) is 5.75 Å². The van der Waals surface area contributed by atoms with Crippen LogP contribution in [0.5, 0.6) is 5.75 Å². The van der Waals surface area contributed by atoms with Gasteiger partial charge in [-0.3, -0.25) is 14.2 Å². The summed E-state index contributed by atoms with van der Waals surface area (Å²) in [5.41, 5.74) is 0.601. The first-order valence-corrected chi connectivity index (χ1v) is 11.0. The van der Waals surface area contributed by atoms with Crippen LogP contribution in [0.4, 0.5) is 0 Å². The van der Waals surface area contributed by atoms with E-state index in [1.807, 2.05) is 13.8 Å². The van der Waals surface area contributed by atoms with Gasteiger partial charge in [-0.1, -0.05) is 13.8 Å². The van der Waals surface area contributed by atoms with E-state index in [4.69, 9.17) is 9.47 Å². The van der Waals surface area contributed by atoms with E-state index in [1.54, 1.807) is 27.7 Å². The van der Waals surface area contributed by atoms with Crippen molar-refractivity contribution in [2.45, 2.75) is 54.2 Å². The van der Waals surface area contributed by atoms with Gasteiger partial charge in [-0.2, -0.15) is 0 Å². The molecule has 3 heterocycles. The Balaban J connectivity index is 1.97. The summed E-state index contributed by atoms with van der Waals surface area (Å²) in [5.74, 6) is 0.579. The molecule has 3 aromatic rings. The molecule has 0 amide bonds. The Kier molecular flexibility index (Phi) is 6.64. The molecule has 1 N–H and O–H groups in total. The number of aryl methyl sites for hydroxylation is 2. The van der Waals surface area contributed by atoms with Gasteiger partial charge in [-0.05, 0) is 39.2 Å². The summed E-state index contributed by atoms with van der Waals surface area (Å²) in [6.45, 7) is 11.6. The van der Waals surface area contributed by atoms with E-state index in [-0.39, 0.29) is 29.4 Å². The highest BCUT2D eigenvalue weighted by Gasteiger charge is 2.22. The summed E-state index contributed by atoms with van der Waals surface area (Å²) in [6, 6.07) is 1.43. The first-order chi connectivity index (χ1) is 14.6. The number of nitrogens with zero attached hydrogens (tertiary/aromatic N) is 2. The minimum Gasteiger partial charge on any atom is -0.488 e.